The van der Waals surface area contributed by atoms with Crippen molar-refractivity contribution >= 4 is 69.9 Å². The third-order valence-electron chi connectivity index (χ3n) is 6.00. The summed E-state index contributed by atoms with van der Waals surface area (Å²) in [7, 11) is 0. The van der Waals surface area contributed by atoms with Gasteiger partial charge in [-0.1, -0.05) is 71.2 Å². The molecule has 0 unspecified atom stereocenters. The lowest BCUT2D eigenvalue weighted by Crippen LogP contribution is -2.28. The molecule has 42 heavy (non-hydrogen) atoms. The zero-order valence-electron chi connectivity index (χ0n) is 22.3. The van der Waals surface area contributed by atoms with Crippen molar-refractivity contribution in [3.63, 3.8) is 0 Å². The van der Waals surface area contributed by atoms with Crippen LogP contribution in [0.3, 0.4) is 0 Å². The maximum absolute atomic E-state index is 13.5. The summed E-state index contributed by atoms with van der Waals surface area (Å²) in [5.74, 6) is 0.458. The lowest BCUT2D eigenvalue weighted by Gasteiger charge is -2.12. The summed E-state index contributed by atoms with van der Waals surface area (Å²) in [5, 5.41) is 12.4. The number of hydrogen-bond donors (Lipinski definition) is 1. The van der Waals surface area contributed by atoms with Crippen LogP contribution in [0, 0.1) is 6.92 Å². The largest absolute Gasteiger partial charge is 0.483 e. The van der Waals surface area contributed by atoms with E-state index >= 15 is 0 Å². The first-order valence-electron chi connectivity index (χ1n) is 12.7. The number of nitrogens with zero attached hydrogens (tertiary/aromatic N) is 3. The lowest BCUT2D eigenvalue weighted by molar-refractivity contribution is -0.122. The fraction of sp³-hybridized carbons (Fsp3) is 0.0968. The number of benzene rings is 3. The number of hydrogen-bond acceptors (Lipinski definition) is 7. The maximum atomic E-state index is 13.5. The third-order valence-corrected chi connectivity index (χ3v) is 7.83. The van der Waals surface area contributed by atoms with Crippen LogP contribution in [0.25, 0.3) is 6.08 Å². The molecule has 1 aliphatic heterocycles. The zero-order valence-corrected chi connectivity index (χ0v) is 24.6. The van der Waals surface area contributed by atoms with Gasteiger partial charge < -0.3 is 14.5 Å². The number of thioether (sulfide) groups is 1. The number of nitrogens with one attached hydrogen (secondary N) is 1. The predicted octanol–water partition coefficient (Wildman–Crippen LogP) is 7.42. The van der Waals surface area contributed by atoms with E-state index < -0.39 is 0 Å². The van der Waals surface area contributed by atoms with E-state index in [4.69, 9.17) is 32.4 Å². The molecule has 1 aliphatic rings. The molecule has 2 amide bonds. The average molecular weight is 620 g/mol. The Hall–Kier alpha value is -4.31. The number of carbonyl (C=O) groups excluding carboxylic acids is 2. The standard InChI is InChI=1S/C31H24Cl2N4O4S/c1-20-11-13-23(14-12-20)35-28(38)19-41-26-10-3-2-6-21(26)16-27-30(39)37(18-24-8-5-15-40-24)31(42-27)36-34-17-22-7-4-9-25(32)29(22)33/h2-17H,18-19H2,1H3,(H,35,38)/b27-16-,34-17+,36-31-. The zero-order chi connectivity index (χ0) is 29.5. The second kappa shape index (κ2) is 13.6. The van der Waals surface area contributed by atoms with Crippen molar-refractivity contribution in [2.24, 2.45) is 10.2 Å². The molecular weight excluding hydrogens is 595 g/mol. The SMILES string of the molecule is Cc1ccc(NC(=O)COc2ccccc2/C=C2\S/C(=N\N=C\c3cccc(Cl)c3Cl)N(Cc3ccco3)C2=O)cc1. The molecule has 1 fully saturated rings. The van der Waals surface area contributed by atoms with Gasteiger partial charge in [-0.25, -0.2) is 0 Å². The minimum Gasteiger partial charge on any atom is -0.483 e. The summed E-state index contributed by atoms with van der Waals surface area (Å²) in [6.45, 7) is 1.94. The van der Waals surface area contributed by atoms with Gasteiger partial charge in [0.05, 0.1) is 34.0 Å². The summed E-state index contributed by atoms with van der Waals surface area (Å²) in [5.41, 5.74) is 3.00. The molecule has 3 aromatic carbocycles. The van der Waals surface area contributed by atoms with Gasteiger partial charge in [-0.05, 0) is 61.2 Å². The molecule has 8 nitrogen and oxygen atoms in total. The van der Waals surface area contributed by atoms with Gasteiger partial charge in [0, 0.05) is 16.8 Å². The fourth-order valence-electron chi connectivity index (χ4n) is 3.89. The van der Waals surface area contributed by atoms with Crippen LogP contribution >= 0.6 is 35.0 Å². The molecule has 0 spiro atoms. The number of furan rings is 1. The molecule has 1 saturated heterocycles. The summed E-state index contributed by atoms with van der Waals surface area (Å²) in [4.78, 5) is 27.9. The van der Waals surface area contributed by atoms with Gasteiger partial charge in [0.1, 0.15) is 11.5 Å². The fourth-order valence-corrected chi connectivity index (χ4v) is 5.17. The number of aryl methyl sites for hydroxylation is 1. The Balaban J connectivity index is 1.35. The molecule has 0 saturated carbocycles. The van der Waals surface area contributed by atoms with Gasteiger partial charge in [-0.3, -0.25) is 14.5 Å². The van der Waals surface area contributed by atoms with Crippen molar-refractivity contribution in [3.05, 3.63) is 123 Å². The summed E-state index contributed by atoms with van der Waals surface area (Å²) >= 11 is 13.5. The molecule has 1 N–H and O–H groups in total. The average Bonchev–Trinajstić information content (AvgIpc) is 3.60. The summed E-state index contributed by atoms with van der Waals surface area (Å²) in [6, 6.07) is 23.4. The van der Waals surface area contributed by atoms with Crippen molar-refractivity contribution in [2.45, 2.75) is 13.5 Å². The van der Waals surface area contributed by atoms with E-state index in [1.807, 2.05) is 37.3 Å². The first kappa shape index (κ1) is 29.2. The van der Waals surface area contributed by atoms with Gasteiger partial charge in [0.15, 0.2) is 11.8 Å². The van der Waals surface area contributed by atoms with Crippen molar-refractivity contribution in [3.8, 4) is 5.75 Å². The number of amidine groups is 1. The van der Waals surface area contributed by atoms with E-state index in [0.29, 0.717) is 48.4 Å². The highest BCUT2D eigenvalue weighted by Crippen LogP contribution is 2.35. The number of para-hydroxylation sites is 1. The van der Waals surface area contributed by atoms with Crippen molar-refractivity contribution in [2.75, 3.05) is 11.9 Å². The number of carbonyl (C=O) groups is 2. The Kier molecular flexibility index (Phi) is 9.43. The summed E-state index contributed by atoms with van der Waals surface area (Å²) in [6.07, 6.45) is 4.72. The van der Waals surface area contributed by atoms with Crippen LogP contribution in [0.5, 0.6) is 5.75 Å². The van der Waals surface area contributed by atoms with E-state index in [0.717, 1.165) is 17.3 Å². The highest BCUT2D eigenvalue weighted by Gasteiger charge is 2.34. The van der Waals surface area contributed by atoms with Crippen LogP contribution in [-0.4, -0.2) is 34.7 Å². The quantitative estimate of drug-likeness (QED) is 0.120. The predicted molar refractivity (Wildman–Crippen MR) is 168 cm³/mol. The van der Waals surface area contributed by atoms with Crippen molar-refractivity contribution < 1.29 is 18.7 Å². The number of anilines is 1. The van der Waals surface area contributed by atoms with Gasteiger partial charge in [-0.2, -0.15) is 5.10 Å². The Labute approximate surface area is 256 Å². The third kappa shape index (κ3) is 7.30. The second-order valence-corrected chi connectivity index (χ2v) is 10.9. The van der Waals surface area contributed by atoms with Crippen LogP contribution in [-0.2, 0) is 16.1 Å². The highest BCUT2D eigenvalue weighted by molar-refractivity contribution is 8.18. The molecule has 0 aliphatic carbocycles. The maximum Gasteiger partial charge on any atom is 0.267 e. The van der Waals surface area contributed by atoms with E-state index in [1.165, 1.54) is 11.1 Å². The molecule has 0 bridgehead atoms. The molecule has 11 heteroatoms. The minimum absolute atomic E-state index is 0.166. The van der Waals surface area contributed by atoms with Crippen LogP contribution in [0.2, 0.25) is 10.0 Å². The number of ether oxygens (including phenoxy) is 1. The second-order valence-electron chi connectivity index (χ2n) is 9.09. The Morgan fingerprint density at radius 1 is 1.02 bits per heavy atom. The van der Waals surface area contributed by atoms with E-state index in [1.54, 1.807) is 60.9 Å². The van der Waals surface area contributed by atoms with E-state index in [-0.39, 0.29) is 25.0 Å². The van der Waals surface area contributed by atoms with Gasteiger partial charge >= 0.3 is 0 Å². The highest BCUT2D eigenvalue weighted by atomic mass is 35.5. The van der Waals surface area contributed by atoms with Gasteiger partial charge in [0.2, 0.25) is 0 Å². The van der Waals surface area contributed by atoms with Crippen molar-refractivity contribution in [1.82, 2.24) is 4.90 Å². The molecule has 1 aromatic heterocycles. The van der Waals surface area contributed by atoms with Gasteiger partial charge in [-0.15, -0.1) is 5.10 Å². The topological polar surface area (TPSA) is 96.5 Å². The molecule has 0 radical (unpaired) electrons. The Bertz CT molecular complexity index is 1690. The Morgan fingerprint density at radius 3 is 2.60 bits per heavy atom. The van der Waals surface area contributed by atoms with Crippen molar-refractivity contribution in [1.29, 1.82) is 0 Å². The van der Waals surface area contributed by atoms with Crippen LogP contribution < -0.4 is 10.1 Å². The first-order valence-corrected chi connectivity index (χ1v) is 14.3. The Morgan fingerprint density at radius 2 is 1.81 bits per heavy atom. The first-order chi connectivity index (χ1) is 20.4. The molecule has 212 valence electrons. The number of halogens is 2. The molecule has 0 atom stereocenters. The normalized spacial score (nSPS) is 15.2. The molecule has 2 heterocycles. The monoisotopic (exact) mass is 618 g/mol. The molecule has 4 aromatic rings. The van der Waals surface area contributed by atoms with Crippen LogP contribution in [0.15, 0.2) is 105 Å². The summed E-state index contributed by atoms with van der Waals surface area (Å²) < 4.78 is 11.3. The van der Waals surface area contributed by atoms with Crippen LogP contribution in [0.1, 0.15) is 22.5 Å². The smallest absolute Gasteiger partial charge is 0.267 e. The van der Waals surface area contributed by atoms with Crippen LogP contribution in [0.4, 0.5) is 5.69 Å². The van der Waals surface area contributed by atoms with E-state index in [2.05, 4.69) is 15.5 Å². The van der Waals surface area contributed by atoms with E-state index in [9.17, 15) is 9.59 Å². The number of amides is 2. The molecule has 5 rings (SSSR count). The lowest BCUT2D eigenvalue weighted by atomic mass is 10.2. The molecular formula is C31H24Cl2N4O4S. The van der Waals surface area contributed by atoms with Gasteiger partial charge in [0.25, 0.3) is 11.8 Å². The number of rotatable bonds is 9. The minimum atomic E-state index is -0.302.